The maximum atomic E-state index is 11.7. The minimum atomic E-state index is 0.0794. The summed E-state index contributed by atoms with van der Waals surface area (Å²) in [4.78, 5) is 13.6. The lowest BCUT2D eigenvalue weighted by Crippen LogP contribution is -2.36. The number of aliphatic hydroxyl groups excluding tert-OH is 1. The third-order valence-electron chi connectivity index (χ3n) is 3.15. The fourth-order valence-corrected chi connectivity index (χ4v) is 2.10. The van der Waals surface area contributed by atoms with E-state index in [2.05, 4.69) is 13.8 Å². The summed E-state index contributed by atoms with van der Waals surface area (Å²) in [5, 5.41) is 9.04. The second-order valence-electron chi connectivity index (χ2n) is 5.43. The molecule has 4 nitrogen and oxygen atoms in total. The van der Waals surface area contributed by atoms with Gasteiger partial charge in [-0.05, 0) is 11.8 Å². The van der Waals surface area contributed by atoms with Gasteiger partial charge in [0, 0.05) is 45.8 Å². The minimum absolute atomic E-state index is 0.0794. The van der Waals surface area contributed by atoms with Crippen LogP contribution in [0.4, 0.5) is 0 Å². The van der Waals surface area contributed by atoms with Crippen LogP contribution in [-0.2, 0) is 9.53 Å². The summed E-state index contributed by atoms with van der Waals surface area (Å²) in [7, 11) is 1.69. The summed E-state index contributed by atoms with van der Waals surface area (Å²) in [6, 6.07) is 0. The molecule has 1 amide bonds. The summed E-state index contributed by atoms with van der Waals surface area (Å²) >= 11 is 0. The van der Waals surface area contributed by atoms with Crippen LogP contribution in [0.2, 0.25) is 0 Å². The Kier molecular flexibility index (Phi) is 4.74. The van der Waals surface area contributed by atoms with Crippen molar-refractivity contribution in [1.29, 1.82) is 0 Å². The topological polar surface area (TPSA) is 49.8 Å². The lowest BCUT2D eigenvalue weighted by molar-refractivity contribution is -0.129. The molecule has 1 saturated heterocycles. The summed E-state index contributed by atoms with van der Waals surface area (Å²) < 4.78 is 5.07. The lowest BCUT2D eigenvalue weighted by Gasteiger charge is -2.30. The number of amides is 1. The van der Waals surface area contributed by atoms with Crippen LogP contribution < -0.4 is 0 Å². The van der Waals surface area contributed by atoms with Crippen molar-refractivity contribution in [3.8, 4) is 0 Å². The highest BCUT2D eigenvalue weighted by atomic mass is 16.5. The summed E-state index contributed by atoms with van der Waals surface area (Å²) in [5.74, 6) is 0.301. The van der Waals surface area contributed by atoms with Crippen molar-refractivity contribution in [2.75, 3.05) is 33.4 Å². The molecule has 1 atom stereocenters. The monoisotopic (exact) mass is 229 g/mol. The van der Waals surface area contributed by atoms with Crippen LogP contribution in [0.15, 0.2) is 0 Å². The number of nitrogens with zero attached hydrogens (tertiary/aromatic N) is 1. The smallest absolute Gasteiger partial charge is 0.223 e. The van der Waals surface area contributed by atoms with Crippen molar-refractivity contribution in [2.24, 2.45) is 11.3 Å². The molecular formula is C12H23NO3. The van der Waals surface area contributed by atoms with Crippen LogP contribution in [0.3, 0.4) is 0 Å². The molecule has 0 aromatic carbocycles. The fraction of sp³-hybridized carbons (Fsp3) is 0.917. The van der Waals surface area contributed by atoms with Crippen LogP contribution in [-0.4, -0.2) is 49.3 Å². The van der Waals surface area contributed by atoms with Gasteiger partial charge in [-0.2, -0.15) is 0 Å². The Morgan fingerprint density at radius 1 is 1.56 bits per heavy atom. The first kappa shape index (κ1) is 13.5. The van der Waals surface area contributed by atoms with Crippen molar-refractivity contribution in [1.82, 2.24) is 4.90 Å². The van der Waals surface area contributed by atoms with Gasteiger partial charge in [-0.15, -0.1) is 0 Å². The zero-order chi connectivity index (χ0) is 12.2. The van der Waals surface area contributed by atoms with E-state index in [9.17, 15) is 4.79 Å². The Morgan fingerprint density at radius 3 is 2.75 bits per heavy atom. The molecule has 0 radical (unpaired) electrons. The SMILES string of the molecule is COCCC(C)(C)CN1CC(CO)CC1=O. The lowest BCUT2D eigenvalue weighted by atomic mass is 9.89. The number of hydrogen-bond acceptors (Lipinski definition) is 3. The van der Waals surface area contributed by atoms with Gasteiger partial charge in [0.25, 0.3) is 0 Å². The Hall–Kier alpha value is -0.610. The number of ether oxygens (including phenoxy) is 1. The first-order valence-electron chi connectivity index (χ1n) is 5.86. The largest absolute Gasteiger partial charge is 0.396 e. The average molecular weight is 229 g/mol. The summed E-state index contributed by atoms with van der Waals surface area (Å²) in [6.45, 7) is 6.58. The maximum absolute atomic E-state index is 11.7. The van der Waals surface area contributed by atoms with Gasteiger partial charge in [0.05, 0.1) is 0 Å². The minimum Gasteiger partial charge on any atom is -0.396 e. The van der Waals surface area contributed by atoms with Gasteiger partial charge < -0.3 is 14.7 Å². The zero-order valence-electron chi connectivity index (χ0n) is 10.5. The highest BCUT2D eigenvalue weighted by Crippen LogP contribution is 2.26. The molecule has 0 spiro atoms. The van der Waals surface area contributed by atoms with Crippen LogP contribution in [0.5, 0.6) is 0 Å². The van der Waals surface area contributed by atoms with Gasteiger partial charge in [0.15, 0.2) is 0 Å². The highest BCUT2D eigenvalue weighted by Gasteiger charge is 2.32. The molecule has 0 aromatic rings. The molecule has 1 rings (SSSR count). The van der Waals surface area contributed by atoms with E-state index in [0.29, 0.717) is 13.0 Å². The van der Waals surface area contributed by atoms with E-state index in [4.69, 9.17) is 9.84 Å². The predicted octanol–water partition coefficient (Wildman–Crippen LogP) is 0.890. The molecule has 1 unspecified atom stereocenters. The number of carbonyl (C=O) groups is 1. The van der Waals surface area contributed by atoms with E-state index in [-0.39, 0.29) is 23.8 Å². The fourth-order valence-electron chi connectivity index (χ4n) is 2.10. The standard InChI is InChI=1S/C12H23NO3/c1-12(2,4-5-16-3)9-13-7-10(8-14)6-11(13)15/h10,14H,4-9H2,1-3H3. The van der Waals surface area contributed by atoms with Crippen molar-refractivity contribution in [3.63, 3.8) is 0 Å². The normalized spacial score (nSPS) is 21.9. The van der Waals surface area contributed by atoms with Gasteiger partial charge in [0.2, 0.25) is 5.91 Å². The number of carbonyl (C=O) groups excluding carboxylic acids is 1. The van der Waals surface area contributed by atoms with Crippen LogP contribution in [0.25, 0.3) is 0 Å². The van der Waals surface area contributed by atoms with E-state index in [1.807, 2.05) is 4.90 Å². The molecule has 0 bridgehead atoms. The van der Waals surface area contributed by atoms with Gasteiger partial charge >= 0.3 is 0 Å². The Balaban J connectivity index is 2.44. The first-order valence-corrected chi connectivity index (χ1v) is 5.86. The molecule has 16 heavy (non-hydrogen) atoms. The molecule has 1 N–H and O–H groups in total. The van der Waals surface area contributed by atoms with Crippen LogP contribution >= 0.6 is 0 Å². The number of likely N-dealkylation sites (tertiary alicyclic amines) is 1. The second-order valence-corrected chi connectivity index (χ2v) is 5.43. The van der Waals surface area contributed by atoms with Gasteiger partial charge in [-0.25, -0.2) is 0 Å². The number of methoxy groups -OCH3 is 1. The quantitative estimate of drug-likeness (QED) is 0.736. The van der Waals surface area contributed by atoms with E-state index in [1.165, 1.54) is 0 Å². The summed E-state index contributed by atoms with van der Waals surface area (Å²) in [5.41, 5.74) is 0.0794. The van der Waals surface area contributed by atoms with Crippen molar-refractivity contribution < 1.29 is 14.6 Å². The molecule has 94 valence electrons. The second kappa shape index (κ2) is 5.64. The van der Waals surface area contributed by atoms with E-state index >= 15 is 0 Å². The third-order valence-corrected chi connectivity index (χ3v) is 3.15. The number of rotatable bonds is 6. The van der Waals surface area contributed by atoms with Crippen molar-refractivity contribution >= 4 is 5.91 Å². The molecule has 0 aliphatic carbocycles. The van der Waals surface area contributed by atoms with Crippen molar-refractivity contribution in [3.05, 3.63) is 0 Å². The number of aliphatic hydroxyl groups is 1. The third kappa shape index (κ3) is 3.76. The van der Waals surface area contributed by atoms with E-state index in [0.717, 1.165) is 19.6 Å². The van der Waals surface area contributed by atoms with Crippen molar-refractivity contribution in [2.45, 2.75) is 26.7 Å². The van der Waals surface area contributed by atoms with E-state index < -0.39 is 0 Å². The zero-order valence-corrected chi connectivity index (χ0v) is 10.5. The van der Waals surface area contributed by atoms with Crippen LogP contribution in [0.1, 0.15) is 26.7 Å². The highest BCUT2D eigenvalue weighted by molar-refractivity contribution is 5.78. The maximum Gasteiger partial charge on any atom is 0.223 e. The van der Waals surface area contributed by atoms with Gasteiger partial charge in [-0.3, -0.25) is 4.79 Å². The van der Waals surface area contributed by atoms with Gasteiger partial charge in [0.1, 0.15) is 0 Å². The first-order chi connectivity index (χ1) is 7.48. The molecule has 1 heterocycles. The Bertz CT molecular complexity index is 240. The molecule has 4 heteroatoms. The van der Waals surface area contributed by atoms with Crippen LogP contribution in [0, 0.1) is 11.3 Å². The summed E-state index contributed by atoms with van der Waals surface area (Å²) in [6.07, 6.45) is 1.44. The molecule has 0 saturated carbocycles. The van der Waals surface area contributed by atoms with E-state index in [1.54, 1.807) is 7.11 Å². The van der Waals surface area contributed by atoms with Gasteiger partial charge in [-0.1, -0.05) is 13.8 Å². The Morgan fingerprint density at radius 2 is 2.25 bits per heavy atom. The molecule has 1 aliphatic rings. The Labute approximate surface area is 97.6 Å². The average Bonchev–Trinajstić information content (AvgIpc) is 2.56. The molecular weight excluding hydrogens is 206 g/mol. The number of hydrogen-bond donors (Lipinski definition) is 1. The molecule has 1 fully saturated rings. The predicted molar refractivity (Wildman–Crippen MR) is 62.0 cm³/mol. The molecule has 1 aliphatic heterocycles. The molecule has 0 aromatic heterocycles.